The number of nitrogens with one attached hydrogen (secondary N) is 2. The minimum atomic E-state index is 0.0334. The van der Waals surface area contributed by atoms with Gasteiger partial charge >= 0.3 is 0 Å². The molecule has 1 rings (SSSR count). The summed E-state index contributed by atoms with van der Waals surface area (Å²) in [6.07, 6.45) is 2.69. The van der Waals surface area contributed by atoms with Crippen molar-refractivity contribution in [3.8, 4) is 0 Å². The molecule has 4 heteroatoms. The van der Waals surface area contributed by atoms with Crippen molar-refractivity contribution in [2.75, 3.05) is 26.7 Å². The summed E-state index contributed by atoms with van der Waals surface area (Å²) in [5.74, 6) is 1.70. The van der Waals surface area contributed by atoms with E-state index in [1.165, 1.54) is 25.9 Å². The lowest BCUT2D eigenvalue weighted by Crippen LogP contribution is -2.57. The fourth-order valence-corrected chi connectivity index (χ4v) is 2.69. The molecule has 1 saturated heterocycles. The lowest BCUT2D eigenvalue weighted by molar-refractivity contribution is 0.0739. The van der Waals surface area contributed by atoms with Crippen LogP contribution < -0.4 is 10.6 Å². The van der Waals surface area contributed by atoms with Crippen molar-refractivity contribution in [2.24, 2.45) is 10.9 Å². The maximum Gasteiger partial charge on any atom is 0.191 e. The Morgan fingerprint density at radius 1 is 1.25 bits per heavy atom. The zero-order chi connectivity index (χ0) is 15.4. The van der Waals surface area contributed by atoms with Gasteiger partial charge in [0.25, 0.3) is 0 Å². The Kier molecular flexibility index (Phi) is 5.87. The van der Waals surface area contributed by atoms with E-state index >= 15 is 0 Å². The molecule has 1 aliphatic rings. The van der Waals surface area contributed by atoms with Crippen LogP contribution in [0.3, 0.4) is 0 Å². The van der Waals surface area contributed by atoms with Crippen LogP contribution in [0.2, 0.25) is 0 Å². The predicted octanol–water partition coefficient (Wildman–Crippen LogP) is 2.46. The van der Waals surface area contributed by atoms with Crippen LogP contribution >= 0.6 is 0 Å². The van der Waals surface area contributed by atoms with Gasteiger partial charge in [0.05, 0.1) is 0 Å². The third-order valence-corrected chi connectivity index (χ3v) is 3.92. The molecular weight excluding hydrogens is 248 g/mol. The van der Waals surface area contributed by atoms with E-state index in [4.69, 9.17) is 0 Å². The number of hydrogen-bond acceptors (Lipinski definition) is 2. The maximum absolute atomic E-state index is 4.31. The highest BCUT2D eigenvalue weighted by molar-refractivity contribution is 5.80. The van der Waals surface area contributed by atoms with E-state index < -0.39 is 0 Å². The summed E-state index contributed by atoms with van der Waals surface area (Å²) < 4.78 is 0. The number of aliphatic imine (C=N–C) groups is 1. The molecule has 0 aromatic carbocycles. The molecular formula is C16H34N4. The highest BCUT2D eigenvalue weighted by atomic mass is 15.3. The predicted molar refractivity (Wildman–Crippen MR) is 88.3 cm³/mol. The molecule has 0 aliphatic carbocycles. The van der Waals surface area contributed by atoms with E-state index in [0.717, 1.165) is 18.4 Å². The van der Waals surface area contributed by atoms with Gasteiger partial charge in [0.2, 0.25) is 0 Å². The van der Waals surface area contributed by atoms with Gasteiger partial charge in [-0.25, -0.2) is 0 Å². The second-order valence-corrected chi connectivity index (χ2v) is 7.81. The fourth-order valence-electron chi connectivity index (χ4n) is 2.69. The van der Waals surface area contributed by atoms with E-state index in [1.807, 2.05) is 7.05 Å². The molecule has 0 saturated carbocycles. The van der Waals surface area contributed by atoms with E-state index in [0.29, 0.717) is 0 Å². The van der Waals surface area contributed by atoms with Crippen molar-refractivity contribution in [1.82, 2.24) is 15.5 Å². The number of likely N-dealkylation sites (tertiary alicyclic amines) is 1. The maximum atomic E-state index is 4.31. The summed E-state index contributed by atoms with van der Waals surface area (Å²) >= 11 is 0. The van der Waals surface area contributed by atoms with Gasteiger partial charge < -0.3 is 10.6 Å². The second kappa shape index (κ2) is 6.79. The summed E-state index contributed by atoms with van der Waals surface area (Å²) in [4.78, 5) is 6.92. The number of guanidine groups is 1. The summed E-state index contributed by atoms with van der Waals surface area (Å²) in [6.45, 7) is 16.8. The van der Waals surface area contributed by atoms with Crippen molar-refractivity contribution >= 4 is 5.96 Å². The van der Waals surface area contributed by atoms with Gasteiger partial charge in [-0.05, 0) is 59.9 Å². The molecule has 4 nitrogen and oxygen atoms in total. The van der Waals surface area contributed by atoms with Crippen LogP contribution in [0, 0.1) is 5.92 Å². The van der Waals surface area contributed by atoms with Crippen LogP contribution in [0.25, 0.3) is 0 Å². The number of rotatable bonds is 3. The summed E-state index contributed by atoms with van der Waals surface area (Å²) in [6, 6.07) is 0. The highest BCUT2D eigenvalue weighted by Gasteiger charge is 2.30. The van der Waals surface area contributed by atoms with Crippen molar-refractivity contribution < 1.29 is 0 Å². The lowest BCUT2D eigenvalue weighted by Gasteiger charge is -2.43. The molecule has 118 valence electrons. The minimum absolute atomic E-state index is 0.0334. The molecule has 1 atom stereocenters. The molecule has 1 heterocycles. The van der Waals surface area contributed by atoms with Gasteiger partial charge in [0.15, 0.2) is 5.96 Å². The molecule has 1 aliphatic heterocycles. The highest BCUT2D eigenvalue weighted by Crippen LogP contribution is 2.23. The Bertz CT molecular complexity index is 328. The first-order valence-corrected chi connectivity index (χ1v) is 7.88. The monoisotopic (exact) mass is 282 g/mol. The SMILES string of the molecule is CN=C(NCC(C)(C)N1CCCC(C)C1)NC(C)(C)C. The Hall–Kier alpha value is -0.770. The Balaban J connectivity index is 2.53. The standard InChI is InChI=1S/C16H34N4/c1-13-9-8-10-20(11-13)16(5,6)12-18-14(17-7)19-15(2,3)4/h13H,8-12H2,1-7H3,(H2,17,18,19). The molecule has 0 bridgehead atoms. The Morgan fingerprint density at radius 3 is 2.40 bits per heavy atom. The number of nitrogens with zero attached hydrogens (tertiary/aromatic N) is 2. The molecule has 20 heavy (non-hydrogen) atoms. The minimum Gasteiger partial charge on any atom is -0.355 e. The van der Waals surface area contributed by atoms with Crippen molar-refractivity contribution in [1.29, 1.82) is 0 Å². The first kappa shape index (κ1) is 17.3. The van der Waals surface area contributed by atoms with Gasteiger partial charge in [-0.3, -0.25) is 9.89 Å². The van der Waals surface area contributed by atoms with E-state index in [-0.39, 0.29) is 11.1 Å². The molecule has 0 aromatic rings. The average Bonchev–Trinajstić information content (AvgIpc) is 2.33. The average molecular weight is 282 g/mol. The van der Waals surface area contributed by atoms with Gasteiger partial charge in [-0.15, -0.1) is 0 Å². The van der Waals surface area contributed by atoms with Crippen LogP contribution in [0.4, 0.5) is 0 Å². The number of hydrogen-bond donors (Lipinski definition) is 2. The molecule has 1 fully saturated rings. The first-order chi connectivity index (χ1) is 9.14. The van der Waals surface area contributed by atoms with Crippen LogP contribution in [0.5, 0.6) is 0 Å². The molecule has 0 aromatic heterocycles. The molecule has 1 unspecified atom stereocenters. The van der Waals surface area contributed by atoms with E-state index in [9.17, 15) is 0 Å². The topological polar surface area (TPSA) is 39.7 Å². The summed E-state index contributed by atoms with van der Waals surface area (Å²) in [5, 5.41) is 6.89. The first-order valence-electron chi connectivity index (χ1n) is 7.88. The zero-order valence-corrected chi connectivity index (χ0v) is 14.5. The van der Waals surface area contributed by atoms with Crippen LogP contribution in [0.1, 0.15) is 54.4 Å². The van der Waals surface area contributed by atoms with Gasteiger partial charge in [-0.1, -0.05) is 6.92 Å². The lowest BCUT2D eigenvalue weighted by atomic mass is 9.93. The van der Waals surface area contributed by atoms with Gasteiger partial charge in [-0.2, -0.15) is 0 Å². The second-order valence-electron chi connectivity index (χ2n) is 7.81. The van der Waals surface area contributed by atoms with Crippen molar-refractivity contribution in [3.05, 3.63) is 0 Å². The fraction of sp³-hybridized carbons (Fsp3) is 0.938. The normalized spacial score (nSPS) is 22.8. The molecule has 0 spiro atoms. The zero-order valence-electron chi connectivity index (χ0n) is 14.5. The van der Waals surface area contributed by atoms with Crippen molar-refractivity contribution in [2.45, 2.75) is 65.5 Å². The smallest absolute Gasteiger partial charge is 0.191 e. The quantitative estimate of drug-likeness (QED) is 0.617. The third-order valence-electron chi connectivity index (χ3n) is 3.92. The number of piperidine rings is 1. The van der Waals surface area contributed by atoms with E-state index in [2.05, 4.69) is 62.1 Å². The molecule has 0 amide bonds. The third kappa shape index (κ3) is 5.70. The van der Waals surface area contributed by atoms with Crippen molar-refractivity contribution in [3.63, 3.8) is 0 Å². The van der Waals surface area contributed by atoms with Crippen LogP contribution in [-0.2, 0) is 0 Å². The van der Waals surface area contributed by atoms with Gasteiger partial charge in [0, 0.05) is 31.2 Å². The van der Waals surface area contributed by atoms with Crippen LogP contribution in [-0.4, -0.2) is 48.6 Å². The molecule has 2 N–H and O–H groups in total. The Labute approximate surface area is 125 Å². The Morgan fingerprint density at radius 2 is 1.90 bits per heavy atom. The van der Waals surface area contributed by atoms with Gasteiger partial charge in [0.1, 0.15) is 0 Å². The molecule has 0 radical (unpaired) electrons. The largest absolute Gasteiger partial charge is 0.355 e. The summed E-state index contributed by atoms with van der Waals surface area (Å²) in [7, 11) is 1.83. The summed E-state index contributed by atoms with van der Waals surface area (Å²) in [5.41, 5.74) is 0.190. The van der Waals surface area contributed by atoms with E-state index in [1.54, 1.807) is 0 Å². The van der Waals surface area contributed by atoms with Crippen LogP contribution in [0.15, 0.2) is 4.99 Å².